The summed E-state index contributed by atoms with van der Waals surface area (Å²) in [5.41, 5.74) is 15.4. The van der Waals surface area contributed by atoms with E-state index >= 15 is 0 Å². The number of nitrogens with zero attached hydrogens (tertiary/aromatic N) is 2. The average molecular weight is 615 g/mol. The van der Waals surface area contributed by atoms with Crippen molar-refractivity contribution >= 4 is 43.7 Å². The smallest absolute Gasteiger partial charge is 0.144 e. The van der Waals surface area contributed by atoms with E-state index in [-0.39, 0.29) is 5.41 Å². The topological polar surface area (TPSA) is 38.9 Å². The second-order valence-electron chi connectivity index (χ2n) is 13.4. The lowest BCUT2D eigenvalue weighted by Gasteiger charge is -2.23. The molecule has 3 nitrogen and oxygen atoms in total. The molecule has 0 atom stereocenters. The first-order chi connectivity index (χ1) is 23.5. The molecule has 0 aliphatic heterocycles. The summed E-state index contributed by atoms with van der Waals surface area (Å²) in [5.74, 6) is 0. The van der Waals surface area contributed by atoms with Crippen molar-refractivity contribution in [2.75, 3.05) is 0 Å². The number of hydrogen-bond donors (Lipinski definition) is 0. The highest BCUT2D eigenvalue weighted by atomic mass is 16.3. The van der Waals surface area contributed by atoms with Crippen LogP contribution in [0.3, 0.4) is 0 Å². The van der Waals surface area contributed by atoms with E-state index < -0.39 is 0 Å². The van der Waals surface area contributed by atoms with Crippen LogP contribution in [0.1, 0.15) is 25.0 Å². The standard InChI is InChI=1S/C45H30N2O/c1-45(2)36-25-32(27-9-4-3-5-10-27)20-22-33(36)41-37(45)26-35(40-34-12-6-7-13-39(34)48-44(40)41)28-14-16-29(17-15-28)38-23-21-31-19-18-30-11-8-24-46-42(30)43(31)47-38/h3-26H,1-2H3. The van der Waals surface area contributed by atoms with Gasteiger partial charge in [0.2, 0.25) is 0 Å². The van der Waals surface area contributed by atoms with Crippen molar-refractivity contribution in [3.8, 4) is 44.6 Å². The molecular weight excluding hydrogens is 585 g/mol. The molecule has 0 unspecified atom stereocenters. The van der Waals surface area contributed by atoms with Crippen LogP contribution < -0.4 is 0 Å². The summed E-state index contributed by atoms with van der Waals surface area (Å²) < 4.78 is 6.78. The minimum absolute atomic E-state index is 0.205. The van der Waals surface area contributed by atoms with Gasteiger partial charge in [-0.3, -0.25) is 4.98 Å². The minimum Gasteiger partial charge on any atom is -0.455 e. The molecule has 10 rings (SSSR count). The van der Waals surface area contributed by atoms with E-state index in [0.717, 1.165) is 60.6 Å². The predicted molar refractivity (Wildman–Crippen MR) is 198 cm³/mol. The minimum atomic E-state index is -0.205. The fraction of sp³-hybridized carbons (Fsp3) is 0.0667. The van der Waals surface area contributed by atoms with Crippen LogP contribution in [-0.4, -0.2) is 9.97 Å². The maximum atomic E-state index is 6.78. The number of hydrogen-bond acceptors (Lipinski definition) is 3. The molecule has 226 valence electrons. The van der Waals surface area contributed by atoms with Gasteiger partial charge in [0.05, 0.1) is 16.7 Å². The Bertz CT molecular complexity index is 2740. The van der Waals surface area contributed by atoms with Gasteiger partial charge < -0.3 is 4.42 Å². The number of fused-ring (bicyclic) bond motifs is 10. The van der Waals surface area contributed by atoms with Crippen molar-refractivity contribution in [1.29, 1.82) is 0 Å². The number of para-hydroxylation sites is 1. The van der Waals surface area contributed by atoms with Crippen LogP contribution in [0.15, 0.2) is 150 Å². The Morgan fingerprint density at radius 3 is 2.12 bits per heavy atom. The molecule has 1 aliphatic carbocycles. The zero-order valence-electron chi connectivity index (χ0n) is 26.7. The van der Waals surface area contributed by atoms with Crippen molar-refractivity contribution in [2.24, 2.45) is 0 Å². The Morgan fingerprint density at radius 2 is 1.27 bits per heavy atom. The number of benzene rings is 6. The zero-order chi connectivity index (χ0) is 32.0. The first-order valence-corrected chi connectivity index (χ1v) is 16.5. The van der Waals surface area contributed by atoms with Gasteiger partial charge in [-0.05, 0) is 69.3 Å². The SMILES string of the molecule is CC1(C)c2cc(-c3ccccc3)ccc2-c2c1cc(-c1ccc(-c3ccc4ccc5cccnc5c4n3)cc1)c1c2oc2ccccc21. The van der Waals surface area contributed by atoms with Gasteiger partial charge in [0, 0.05) is 44.3 Å². The summed E-state index contributed by atoms with van der Waals surface area (Å²) in [4.78, 5) is 9.75. The molecule has 0 saturated heterocycles. The van der Waals surface area contributed by atoms with E-state index in [4.69, 9.17) is 9.40 Å². The number of pyridine rings is 2. The summed E-state index contributed by atoms with van der Waals surface area (Å²) in [7, 11) is 0. The predicted octanol–water partition coefficient (Wildman–Crippen LogP) is 12.0. The van der Waals surface area contributed by atoms with Gasteiger partial charge in [-0.25, -0.2) is 4.98 Å². The molecule has 0 saturated carbocycles. The van der Waals surface area contributed by atoms with Crippen LogP contribution in [0.5, 0.6) is 0 Å². The Balaban J connectivity index is 1.15. The van der Waals surface area contributed by atoms with Gasteiger partial charge in [0.1, 0.15) is 11.2 Å². The van der Waals surface area contributed by atoms with Crippen molar-refractivity contribution in [2.45, 2.75) is 19.3 Å². The molecule has 0 spiro atoms. The Hall–Kier alpha value is -6.06. The van der Waals surface area contributed by atoms with Crippen LogP contribution in [0.2, 0.25) is 0 Å². The molecule has 0 bridgehead atoms. The van der Waals surface area contributed by atoms with E-state index in [2.05, 4.69) is 152 Å². The Kier molecular flexibility index (Phi) is 5.63. The first kappa shape index (κ1) is 27.1. The zero-order valence-corrected chi connectivity index (χ0v) is 26.7. The molecule has 3 heteroatoms. The molecule has 1 aliphatic rings. The van der Waals surface area contributed by atoms with Crippen LogP contribution in [-0.2, 0) is 5.41 Å². The van der Waals surface area contributed by atoms with Gasteiger partial charge in [0.15, 0.2) is 0 Å². The van der Waals surface area contributed by atoms with Crippen molar-refractivity contribution < 1.29 is 4.42 Å². The molecule has 3 aromatic heterocycles. The molecule has 6 aromatic carbocycles. The molecular formula is C45H30N2O. The van der Waals surface area contributed by atoms with Gasteiger partial charge >= 0.3 is 0 Å². The van der Waals surface area contributed by atoms with E-state index in [9.17, 15) is 0 Å². The third kappa shape index (κ3) is 3.88. The Labute approximate surface area is 278 Å². The molecule has 0 amide bonds. The highest BCUT2D eigenvalue weighted by Crippen LogP contribution is 2.55. The lowest BCUT2D eigenvalue weighted by Crippen LogP contribution is -2.15. The maximum absolute atomic E-state index is 6.78. The molecule has 9 aromatic rings. The van der Waals surface area contributed by atoms with Gasteiger partial charge in [-0.1, -0.05) is 123 Å². The van der Waals surface area contributed by atoms with Gasteiger partial charge in [0.25, 0.3) is 0 Å². The molecule has 48 heavy (non-hydrogen) atoms. The molecule has 0 fully saturated rings. The first-order valence-electron chi connectivity index (χ1n) is 16.5. The quantitative estimate of drug-likeness (QED) is 0.186. The summed E-state index contributed by atoms with van der Waals surface area (Å²) in [5, 5.41) is 4.49. The van der Waals surface area contributed by atoms with Crippen LogP contribution in [0.25, 0.3) is 88.4 Å². The monoisotopic (exact) mass is 614 g/mol. The molecule has 0 radical (unpaired) electrons. The van der Waals surface area contributed by atoms with Crippen LogP contribution >= 0.6 is 0 Å². The molecule has 3 heterocycles. The third-order valence-corrected chi connectivity index (χ3v) is 10.3. The normalized spacial score (nSPS) is 13.4. The van der Waals surface area contributed by atoms with E-state index in [1.54, 1.807) is 0 Å². The Morgan fingerprint density at radius 1 is 0.542 bits per heavy atom. The van der Waals surface area contributed by atoms with E-state index in [1.807, 2.05) is 12.3 Å². The van der Waals surface area contributed by atoms with E-state index in [0.29, 0.717) is 0 Å². The maximum Gasteiger partial charge on any atom is 0.144 e. The van der Waals surface area contributed by atoms with Crippen molar-refractivity contribution in [1.82, 2.24) is 9.97 Å². The third-order valence-electron chi connectivity index (χ3n) is 10.3. The number of aromatic nitrogens is 2. The molecule has 0 N–H and O–H groups in total. The second-order valence-corrected chi connectivity index (χ2v) is 13.4. The summed E-state index contributed by atoms with van der Waals surface area (Å²) in [6.07, 6.45) is 1.84. The summed E-state index contributed by atoms with van der Waals surface area (Å²) >= 11 is 0. The highest BCUT2D eigenvalue weighted by Gasteiger charge is 2.39. The second kappa shape index (κ2) is 9.97. The average Bonchev–Trinajstić information content (AvgIpc) is 3.64. The summed E-state index contributed by atoms with van der Waals surface area (Å²) in [6, 6.07) is 49.8. The largest absolute Gasteiger partial charge is 0.455 e. The van der Waals surface area contributed by atoms with Crippen LogP contribution in [0, 0.1) is 0 Å². The summed E-state index contributed by atoms with van der Waals surface area (Å²) in [6.45, 7) is 4.69. The van der Waals surface area contributed by atoms with Crippen LogP contribution in [0.4, 0.5) is 0 Å². The number of rotatable bonds is 3. The van der Waals surface area contributed by atoms with Crippen molar-refractivity contribution in [3.05, 3.63) is 157 Å². The lowest BCUT2D eigenvalue weighted by molar-refractivity contribution is 0.653. The van der Waals surface area contributed by atoms with E-state index in [1.165, 1.54) is 38.9 Å². The fourth-order valence-electron chi connectivity index (χ4n) is 7.83. The lowest BCUT2D eigenvalue weighted by atomic mass is 9.80. The van der Waals surface area contributed by atoms with Gasteiger partial charge in [-0.15, -0.1) is 0 Å². The highest BCUT2D eigenvalue weighted by molar-refractivity contribution is 6.18. The number of furan rings is 1. The van der Waals surface area contributed by atoms with Crippen molar-refractivity contribution in [3.63, 3.8) is 0 Å². The fourth-order valence-corrected chi connectivity index (χ4v) is 7.83. The van der Waals surface area contributed by atoms with Gasteiger partial charge in [-0.2, -0.15) is 0 Å².